The number of amides is 2. The van der Waals surface area contributed by atoms with E-state index in [2.05, 4.69) is 5.32 Å². The van der Waals surface area contributed by atoms with Gasteiger partial charge in [-0.3, -0.25) is 9.59 Å². The molecule has 2 aromatic carbocycles. The van der Waals surface area contributed by atoms with Gasteiger partial charge in [-0.1, -0.05) is 12.1 Å². The summed E-state index contributed by atoms with van der Waals surface area (Å²) in [5, 5.41) is 2.94. The van der Waals surface area contributed by atoms with Crippen LogP contribution in [0.15, 0.2) is 36.4 Å². The van der Waals surface area contributed by atoms with Gasteiger partial charge >= 0.3 is 0 Å². The Morgan fingerprint density at radius 2 is 1.93 bits per heavy atom. The van der Waals surface area contributed by atoms with E-state index in [0.717, 1.165) is 16.8 Å². The molecule has 0 radical (unpaired) electrons. The minimum absolute atomic E-state index is 0.0272. The van der Waals surface area contributed by atoms with E-state index in [1.54, 1.807) is 19.1 Å². The Bertz CT molecular complexity index is 912. The lowest BCUT2D eigenvalue weighted by Crippen LogP contribution is -2.39. The molecule has 7 heteroatoms. The number of nitrogens with zero attached hydrogens (tertiary/aromatic N) is 1. The minimum Gasteiger partial charge on any atom is -0.493 e. The van der Waals surface area contributed by atoms with Crippen LogP contribution in [-0.4, -0.2) is 45.7 Å². The van der Waals surface area contributed by atoms with Gasteiger partial charge in [0.25, 0.3) is 5.91 Å². The zero-order valence-corrected chi connectivity index (χ0v) is 17.7. The molecule has 0 unspecified atom stereocenters. The Morgan fingerprint density at radius 1 is 1.13 bits per heavy atom. The molecule has 30 heavy (non-hydrogen) atoms. The second kappa shape index (κ2) is 10.0. The number of nitrogens with one attached hydrogen (secondary N) is 1. The SMILES string of the molecule is COc1ccc(CCNC(=O)CCCN2C(=O)COc3ccc(C)cc32)cc1OC. The van der Waals surface area contributed by atoms with Gasteiger partial charge in [-0.2, -0.15) is 0 Å². The number of anilines is 1. The first kappa shape index (κ1) is 21.5. The van der Waals surface area contributed by atoms with E-state index in [-0.39, 0.29) is 18.4 Å². The van der Waals surface area contributed by atoms with Crippen LogP contribution in [0.5, 0.6) is 17.2 Å². The summed E-state index contributed by atoms with van der Waals surface area (Å²) in [4.78, 5) is 26.2. The van der Waals surface area contributed by atoms with Crippen molar-refractivity contribution in [3.63, 3.8) is 0 Å². The smallest absolute Gasteiger partial charge is 0.265 e. The van der Waals surface area contributed by atoms with Crippen molar-refractivity contribution in [2.75, 3.05) is 38.8 Å². The molecule has 7 nitrogen and oxygen atoms in total. The predicted octanol–water partition coefficient (Wildman–Crippen LogP) is 2.88. The number of carbonyl (C=O) groups is 2. The molecule has 0 fully saturated rings. The summed E-state index contributed by atoms with van der Waals surface area (Å²) >= 11 is 0. The molecule has 1 aliphatic heterocycles. The number of aryl methyl sites for hydroxylation is 1. The first-order chi connectivity index (χ1) is 14.5. The second-order valence-corrected chi connectivity index (χ2v) is 7.20. The molecule has 0 bridgehead atoms. The van der Waals surface area contributed by atoms with Crippen molar-refractivity contribution in [3.05, 3.63) is 47.5 Å². The van der Waals surface area contributed by atoms with Gasteiger partial charge in [0.05, 0.1) is 19.9 Å². The number of ether oxygens (including phenoxy) is 3. The maximum absolute atomic E-state index is 12.3. The van der Waals surface area contributed by atoms with Crippen molar-refractivity contribution < 1.29 is 23.8 Å². The zero-order chi connectivity index (χ0) is 21.5. The number of hydrogen-bond acceptors (Lipinski definition) is 5. The van der Waals surface area contributed by atoms with Crippen LogP contribution >= 0.6 is 0 Å². The predicted molar refractivity (Wildman–Crippen MR) is 115 cm³/mol. The number of fused-ring (bicyclic) bond motifs is 1. The standard InChI is InChI=1S/C23H28N2O5/c1-16-6-8-19-18(13-16)25(23(27)15-30-19)12-4-5-22(26)24-11-10-17-7-9-20(28-2)21(14-17)29-3/h6-9,13-14H,4-5,10-12,15H2,1-3H3,(H,24,26). The summed E-state index contributed by atoms with van der Waals surface area (Å²) in [6.07, 6.45) is 1.64. The Labute approximate surface area is 176 Å². The van der Waals surface area contributed by atoms with Gasteiger partial charge in [-0.25, -0.2) is 0 Å². The third-order valence-corrected chi connectivity index (χ3v) is 5.03. The summed E-state index contributed by atoms with van der Waals surface area (Å²) in [5.74, 6) is 1.95. The summed E-state index contributed by atoms with van der Waals surface area (Å²) in [6.45, 7) is 3.03. The molecular weight excluding hydrogens is 384 g/mol. The molecule has 1 heterocycles. The van der Waals surface area contributed by atoms with Crippen molar-refractivity contribution >= 4 is 17.5 Å². The average molecular weight is 412 g/mol. The molecule has 0 saturated carbocycles. The van der Waals surface area contributed by atoms with Crippen molar-refractivity contribution in [3.8, 4) is 17.2 Å². The van der Waals surface area contributed by atoms with E-state index in [1.165, 1.54) is 0 Å². The molecule has 0 saturated heterocycles. The van der Waals surface area contributed by atoms with Crippen molar-refractivity contribution in [2.24, 2.45) is 0 Å². The fourth-order valence-corrected chi connectivity index (χ4v) is 3.43. The highest BCUT2D eigenvalue weighted by Crippen LogP contribution is 2.33. The van der Waals surface area contributed by atoms with Crippen LogP contribution < -0.4 is 24.4 Å². The fourth-order valence-electron chi connectivity index (χ4n) is 3.43. The number of hydrogen-bond donors (Lipinski definition) is 1. The molecule has 0 aromatic heterocycles. The number of rotatable bonds is 9. The topological polar surface area (TPSA) is 77.1 Å². The highest BCUT2D eigenvalue weighted by Gasteiger charge is 2.25. The van der Waals surface area contributed by atoms with E-state index < -0.39 is 0 Å². The van der Waals surface area contributed by atoms with Crippen molar-refractivity contribution in [2.45, 2.75) is 26.2 Å². The molecule has 0 atom stereocenters. The monoisotopic (exact) mass is 412 g/mol. The zero-order valence-electron chi connectivity index (χ0n) is 17.7. The van der Waals surface area contributed by atoms with Gasteiger partial charge in [0, 0.05) is 19.5 Å². The van der Waals surface area contributed by atoms with E-state index in [0.29, 0.717) is 49.6 Å². The minimum atomic E-state index is -0.0815. The van der Waals surface area contributed by atoms with Crippen LogP contribution in [0, 0.1) is 6.92 Å². The van der Waals surface area contributed by atoms with E-state index in [4.69, 9.17) is 14.2 Å². The molecule has 1 N–H and O–H groups in total. The molecule has 0 aliphatic carbocycles. The fraction of sp³-hybridized carbons (Fsp3) is 0.391. The Morgan fingerprint density at radius 3 is 2.70 bits per heavy atom. The van der Waals surface area contributed by atoms with Crippen molar-refractivity contribution in [1.82, 2.24) is 5.32 Å². The average Bonchev–Trinajstić information content (AvgIpc) is 2.75. The Kier molecular flexibility index (Phi) is 7.17. The summed E-state index contributed by atoms with van der Waals surface area (Å²) in [6, 6.07) is 11.5. The second-order valence-electron chi connectivity index (χ2n) is 7.20. The molecule has 2 amide bonds. The number of carbonyl (C=O) groups excluding carboxylic acids is 2. The highest BCUT2D eigenvalue weighted by molar-refractivity contribution is 5.98. The molecule has 2 aromatic rings. The van der Waals surface area contributed by atoms with E-state index in [1.807, 2.05) is 43.3 Å². The maximum atomic E-state index is 12.3. The Balaban J connectivity index is 1.45. The molecule has 160 valence electrons. The summed E-state index contributed by atoms with van der Waals surface area (Å²) < 4.78 is 16.0. The van der Waals surface area contributed by atoms with Crippen LogP contribution in [0.3, 0.4) is 0 Å². The molecule has 1 aliphatic rings. The lowest BCUT2D eigenvalue weighted by Gasteiger charge is -2.29. The first-order valence-corrected chi connectivity index (χ1v) is 10.0. The highest BCUT2D eigenvalue weighted by atomic mass is 16.5. The molecular formula is C23H28N2O5. The Hall–Kier alpha value is -3.22. The normalized spacial score (nSPS) is 12.8. The first-order valence-electron chi connectivity index (χ1n) is 10.0. The van der Waals surface area contributed by atoms with Gasteiger partial charge in [-0.15, -0.1) is 0 Å². The van der Waals surface area contributed by atoms with Gasteiger partial charge in [0.1, 0.15) is 5.75 Å². The van der Waals surface area contributed by atoms with Gasteiger partial charge in [0.15, 0.2) is 18.1 Å². The van der Waals surface area contributed by atoms with Gasteiger partial charge < -0.3 is 24.4 Å². The molecule has 3 rings (SSSR count). The largest absolute Gasteiger partial charge is 0.493 e. The lowest BCUT2D eigenvalue weighted by molar-refractivity contribution is -0.122. The quantitative estimate of drug-likeness (QED) is 0.685. The number of methoxy groups -OCH3 is 2. The third-order valence-electron chi connectivity index (χ3n) is 5.03. The summed E-state index contributed by atoms with van der Waals surface area (Å²) in [5.41, 5.74) is 2.89. The third kappa shape index (κ3) is 5.23. The van der Waals surface area contributed by atoms with Crippen LogP contribution in [0.2, 0.25) is 0 Å². The van der Waals surface area contributed by atoms with E-state index >= 15 is 0 Å². The molecule has 0 spiro atoms. The summed E-state index contributed by atoms with van der Waals surface area (Å²) in [7, 11) is 3.20. The maximum Gasteiger partial charge on any atom is 0.265 e. The van der Waals surface area contributed by atoms with Crippen LogP contribution in [0.1, 0.15) is 24.0 Å². The van der Waals surface area contributed by atoms with Crippen molar-refractivity contribution in [1.29, 1.82) is 0 Å². The van der Waals surface area contributed by atoms with E-state index in [9.17, 15) is 9.59 Å². The van der Waals surface area contributed by atoms with Crippen LogP contribution in [0.25, 0.3) is 0 Å². The lowest BCUT2D eigenvalue weighted by atomic mass is 10.1. The van der Waals surface area contributed by atoms with Gasteiger partial charge in [0.2, 0.25) is 5.91 Å². The number of benzene rings is 2. The van der Waals surface area contributed by atoms with Crippen LogP contribution in [-0.2, 0) is 16.0 Å². The van der Waals surface area contributed by atoms with Crippen LogP contribution in [0.4, 0.5) is 5.69 Å². The van der Waals surface area contributed by atoms with Gasteiger partial charge in [-0.05, 0) is 55.2 Å².